The van der Waals surface area contributed by atoms with Crippen LogP contribution in [0.4, 0.5) is 0 Å². The van der Waals surface area contributed by atoms with E-state index in [0.29, 0.717) is 13.1 Å². The summed E-state index contributed by atoms with van der Waals surface area (Å²) in [6.07, 6.45) is 4.47. The predicted molar refractivity (Wildman–Crippen MR) is 90.6 cm³/mol. The van der Waals surface area contributed by atoms with Gasteiger partial charge in [0.25, 0.3) is 0 Å². The predicted octanol–water partition coefficient (Wildman–Crippen LogP) is 0.842. The lowest BCUT2D eigenvalue weighted by atomic mass is 10.3. The van der Waals surface area contributed by atoms with Crippen molar-refractivity contribution in [1.29, 1.82) is 0 Å². The minimum atomic E-state index is -0.224. The second-order valence-electron chi connectivity index (χ2n) is 4.90. The number of hydrogen-bond acceptors (Lipinski definition) is 3. The van der Waals surface area contributed by atoms with Gasteiger partial charge >= 0.3 is 0 Å². The van der Waals surface area contributed by atoms with Crippen molar-refractivity contribution in [2.75, 3.05) is 26.2 Å². The van der Waals surface area contributed by atoms with E-state index in [1.807, 2.05) is 24.0 Å². The molecular formula is C13H24IN5O. The molecule has 1 aliphatic heterocycles. The van der Waals surface area contributed by atoms with Gasteiger partial charge in [-0.2, -0.15) is 5.10 Å². The van der Waals surface area contributed by atoms with E-state index in [1.54, 1.807) is 0 Å². The van der Waals surface area contributed by atoms with Crippen LogP contribution in [-0.4, -0.2) is 58.0 Å². The molecule has 7 heteroatoms. The normalized spacial score (nSPS) is 19.1. The molecule has 2 rings (SSSR count). The van der Waals surface area contributed by atoms with Crippen molar-refractivity contribution in [3.05, 3.63) is 18.0 Å². The Morgan fingerprint density at radius 2 is 2.40 bits per heavy atom. The van der Waals surface area contributed by atoms with Crippen molar-refractivity contribution < 1.29 is 5.11 Å². The number of rotatable bonds is 4. The Bertz CT molecular complexity index is 434. The van der Waals surface area contributed by atoms with E-state index in [-0.39, 0.29) is 30.1 Å². The quantitative estimate of drug-likeness (QED) is 0.452. The van der Waals surface area contributed by atoms with Crippen LogP contribution in [0.25, 0.3) is 0 Å². The molecule has 1 atom stereocenters. The van der Waals surface area contributed by atoms with Crippen molar-refractivity contribution in [2.24, 2.45) is 4.99 Å². The largest absolute Gasteiger partial charge is 0.391 e. The van der Waals surface area contributed by atoms with Crippen LogP contribution < -0.4 is 5.32 Å². The first-order chi connectivity index (χ1) is 9.19. The summed E-state index contributed by atoms with van der Waals surface area (Å²) in [5, 5.41) is 17.1. The molecule has 1 aromatic rings. The first-order valence-electron chi connectivity index (χ1n) is 6.89. The molecule has 0 spiro atoms. The topological polar surface area (TPSA) is 65.7 Å². The lowest BCUT2D eigenvalue weighted by molar-refractivity contribution is 0.188. The summed E-state index contributed by atoms with van der Waals surface area (Å²) in [5.41, 5.74) is 1.17. The average Bonchev–Trinajstić information content (AvgIpc) is 2.97. The van der Waals surface area contributed by atoms with Crippen LogP contribution in [0.5, 0.6) is 0 Å². The SMILES string of the molecule is CCNC(=NCCn1cc(C)cn1)N1CC[C@@H](O)C1.I. The van der Waals surface area contributed by atoms with Gasteiger partial charge in [0.05, 0.1) is 25.4 Å². The number of aliphatic imine (C=N–C) groups is 1. The van der Waals surface area contributed by atoms with Crippen LogP contribution in [0.15, 0.2) is 17.4 Å². The Balaban J connectivity index is 0.00000200. The molecule has 20 heavy (non-hydrogen) atoms. The summed E-state index contributed by atoms with van der Waals surface area (Å²) in [6, 6.07) is 0. The maximum atomic E-state index is 9.58. The van der Waals surface area contributed by atoms with E-state index >= 15 is 0 Å². The number of aliphatic hydroxyl groups excluding tert-OH is 1. The van der Waals surface area contributed by atoms with Gasteiger partial charge in [0.2, 0.25) is 0 Å². The summed E-state index contributed by atoms with van der Waals surface area (Å²) < 4.78 is 1.90. The second-order valence-corrected chi connectivity index (χ2v) is 4.90. The first-order valence-corrected chi connectivity index (χ1v) is 6.89. The minimum absolute atomic E-state index is 0. The number of guanidine groups is 1. The van der Waals surface area contributed by atoms with Crippen LogP contribution in [0, 0.1) is 6.92 Å². The van der Waals surface area contributed by atoms with Crippen LogP contribution in [0.3, 0.4) is 0 Å². The highest BCUT2D eigenvalue weighted by molar-refractivity contribution is 14.0. The molecule has 0 aliphatic carbocycles. The summed E-state index contributed by atoms with van der Waals surface area (Å²) in [4.78, 5) is 6.71. The van der Waals surface area contributed by atoms with E-state index < -0.39 is 0 Å². The number of aliphatic hydroxyl groups is 1. The molecule has 0 amide bonds. The smallest absolute Gasteiger partial charge is 0.194 e. The summed E-state index contributed by atoms with van der Waals surface area (Å²) in [7, 11) is 0. The van der Waals surface area contributed by atoms with Crippen LogP contribution >= 0.6 is 24.0 Å². The molecule has 2 heterocycles. The van der Waals surface area contributed by atoms with Gasteiger partial charge in [0, 0.05) is 25.8 Å². The number of hydrogen-bond donors (Lipinski definition) is 2. The van der Waals surface area contributed by atoms with Crippen molar-refractivity contribution in [3.8, 4) is 0 Å². The molecule has 0 unspecified atom stereocenters. The highest BCUT2D eigenvalue weighted by Gasteiger charge is 2.22. The molecule has 0 radical (unpaired) electrons. The fourth-order valence-corrected chi connectivity index (χ4v) is 2.21. The molecule has 0 saturated carbocycles. The third kappa shape index (κ3) is 4.93. The monoisotopic (exact) mass is 393 g/mol. The van der Waals surface area contributed by atoms with Crippen LogP contribution in [0.1, 0.15) is 18.9 Å². The van der Waals surface area contributed by atoms with Gasteiger partial charge in [0.1, 0.15) is 0 Å². The molecule has 1 saturated heterocycles. The maximum Gasteiger partial charge on any atom is 0.194 e. The van der Waals surface area contributed by atoms with E-state index in [0.717, 1.165) is 32.0 Å². The lowest BCUT2D eigenvalue weighted by Crippen LogP contribution is -2.40. The van der Waals surface area contributed by atoms with Crippen LogP contribution in [0.2, 0.25) is 0 Å². The Hall–Kier alpha value is -0.830. The zero-order valence-electron chi connectivity index (χ0n) is 12.1. The van der Waals surface area contributed by atoms with Gasteiger partial charge in [0.15, 0.2) is 5.96 Å². The lowest BCUT2D eigenvalue weighted by Gasteiger charge is -2.20. The molecule has 114 valence electrons. The zero-order chi connectivity index (χ0) is 13.7. The first kappa shape index (κ1) is 17.2. The number of nitrogens with zero attached hydrogens (tertiary/aromatic N) is 4. The Kier molecular flexibility index (Phi) is 7.28. The fourth-order valence-electron chi connectivity index (χ4n) is 2.21. The number of aryl methyl sites for hydroxylation is 1. The van der Waals surface area contributed by atoms with Gasteiger partial charge in [-0.05, 0) is 25.8 Å². The second kappa shape index (κ2) is 8.46. The maximum absolute atomic E-state index is 9.58. The molecule has 0 bridgehead atoms. The van der Waals surface area contributed by atoms with Gasteiger partial charge < -0.3 is 15.3 Å². The van der Waals surface area contributed by atoms with E-state index in [2.05, 4.69) is 27.2 Å². The molecule has 1 aliphatic rings. The van der Waals surface area contributed by atoms with E-state index in [1.165, 1.54) is 5.56 Å². The molecule has 6 nitrogen and oxygen atoms in total. The van der Waals surface area contributed by atoms with Gasteiger partial charge in [-0.25, -0.2) is 0 Å². The number of β-amino-alcohol motifs (C(OH)–C–C–N with tert-alkyl or cyclic N) is 1. The average molecular weight is 393 g/mol. The van der Waals surface area contributed by atoms with Crippen molar-refractivity contribution in [2.45, 2.75) is 32.9 Å². The van der Waals surface area contributed by atoms with Crippen LogP contribution in [-0.2, 0) is 6.54 Å². The van der Waals surface area contributed by atoms with Crippen molar-refractivity contribution in [3.63, 3.8) is 0 Å². The third-order valence-electron chi connectivity index (χ3n) is 3.15. The van der Waals surface area contributed by atoms with Crippen molar-refractivity contribution >= 4 is 29.9 Å². The summed E-state index contributed by atoms with van der Waals surface area (Å²) >= 11 is 0. The zero-order valence-corrected chi connectivity index (χ0v) is 14.4. The number of likely N-dealkylation sites (tertiary alicyclic amines) is 1. The summed E-state index contributed by atoms with van der Waals surface area (Å²) in [6.45, 7) is 7.93. The minimum Gasteiger partial charge on any atom is -0.391 e. The molecule has 0 aromatic carbocycles. The van der Waals surface area contributed by atoms with E-state index in [9.17, 15) is 5.11 Å². The number of nitrogens with one attached hydrogen (secondary N) is 1. The Morgan fingerprint density at radius 1 is 1.60 bits per heavy atom. The third-order valence-corrected chi connectivity index (χ3v) is 3.15. The molecule has 2 N–H and O–H groups in total. The Morgan fingerprint density at radius 3 is 2.95 bits per heavy atom. The standard InChI is InChI=1S/C13H23N5O.HI/c1-3-14-13(17-6-4-12(19)10-17)15-5-7-18-9-11(2)8-16-18;/h8-9,12,19H,3-7,10H2,1-2H3,(H,14,15);1H/t12-;/m1./s1. The molecular weight excluding hydrogens is 369 g/mol. The highest BCUT2D eigenvalue weighted by atomic mass is 127. The van der Waals surface area contributed by atoms with Gasteiger partial charge in [-0.1, -0.05) is 0 Å². The number of halogens is 1. The van der Waals surface area contributed by atoms with E-state index in [4.69, 9.17) is 0 Å². The molecule has 1 aromatic heterocycles. The molecule has 1 fully saturated rings. The fraction of sp³-hybridized carbons (Fsp3) is 0.692. The van der Waals surface area contributed by atoms with Gasteiger partial charge in [-0.3, -0.25) is 9.67 Å². The summed E-state index contributed by atoms with van der Waals surface area (Å²) in [5.74, 6) is 0.892. The van der Waals surface area contributed by atoms with Gasteiger partial charge in [-0.15, -0.1) is 24.0 Å². The highest BCUT2D eigenvalue weighted by Crippen LogP contribution is 2.08. The number of aromatic nitrogens is 2. The Labute approximate surface area is 137 Å². The van der Waals surface area contributed by atoms with Crippen molar-refractivity contribution in [1.82, 2.24) is 20.0 Å².